The van der Waals surface area contributed by atoms with E-state index in [1.807, 2.05) is 19.1 Å². The van der Waals surface area contributed by atoms with Gasteiger partial charge in [-0.2, -0.15) is 0 Å². The standard InChI is InChI=1S/C23H24N2O5S/c1-16-7-4-5-10-21(16)25-31(27,28)20-9-6-8-17(14-20)23(26)24-15-18-13-19(29-2)11-12-22(18)30-3/h4-14,25H,15H2,1-3H3,(H,24,26). The molecule has 0 unspecified atom stereocenters. The van der Waals surface area contributed by atoms with Crippen LogP contribution in [0.2, 0.25) is 0 Å². The number of aryl methyl sites for hydroxylation is 1. The quantitative estimate of drug-likeness (QED) is 0.557. The molecule has 0 saturated heterocycles. The molecule has 0 heterocycles. The third-order valence-corrected chi connectivity index (χ3v) is 6.09. The molecular formula is C23H24N2O5S. The van der Waals surface area contributed by atoms with Gasteiger partial charge in [-0.05, 0) is 55.0 Å². The van der Waals surface area contributed by atoms with Crippen molar-refractivity contribution in [3.8, 4) is 11.5 Å². The van der Waals surface area contributed by atoms with Crippen molar-refractivity contribution >= 4 is 21.6 Å². The number of anilines is 1. The fourth-order valence-corrected chi connectivity index (χ4v) is 4.17. The Kier molecular flexibility index (Phi) is 6.81. The van der Waals surface area contributed by atoms with Crippen LogP contribution in [0.4, 0.5) is 5.69 Å². The van der Waals surface area contributed by atoms with Crippen molar-refractivity contribution in [1.82, 2.24) is 5.32 Å². The molecule has 0 bridgehead atoms. The van der Waals surface area contributed by atoms with Crippen LogP contribution in [0.25, 0.3) is 0 Å². The van der Waals surface area contributed by atoms with Crippen LogP contribution in [0.5, 0.6) is 11.5 Å². The highest BCUT2D eigenvalue weighted by molar-refractivity contribution is 7.92. The lowest BCUT2D eigenvalue weighted by molar-refractivity contribution is 0.0950. The molecule has 0 aliphatic heterocycles. The summed E-state index contributed by atoms with van der Waals surface area (Å²) in [5.74, 6) is 0.845. The molecule has 3 rings (SSSR count). The first kappa shape index (κ1) is 22.2. The summed E-state index contributed by atoms with van der Waals surface area (Å²) >= 11 is 0. The van der Waals surface area contributed by atoms with Crippen LogP contribution in [0.1, 0.15) is 21.5 Å². The van der Waals surface area contributed by atoms with Crippen molar-refractivity contribution in [2.24, 2.45) is 0 Å². The number of hydrogen-bond donors (Lipinski definition) is 2. The van der Waals surface area contributed by atoms with Crippen molar-refractivity contribution in [1.29, 1.82) is 0 Å². The molecule has 162 valence electrons. The molecule has 0 spiro atoms. The molecule has 0 radical (unpaired) electrons. The number of carbonyl (C=O) groups excluding carboxylic acids is 1. The molecule has 8 heteroatoms. The Morgan fingerprint density at radius 1 is 0.935 bits per heavy atom. The first-order chi connectivity index (χ1) is 14.8. The van der Waals surface area contributed by atoms with E-state index in [0.29, 0.717) is 17.2 Å². The molecule has 0 aromatic heterocycles. The highest BCUT2D eigenvalue weighted by atomic mass is 32.2. The van der Waals surface area contributed by atoms with Gasteiger partial charge in [0, 0.05) is 17.7 Å². The Bertz CT molecular complexity index is 1190. The van der Waals surface area contributed by atoms with Gasteiger partial charge >= 0.3 is 0 Å². The van der Waals surface area contributed by atoms with E-state index in [9.17, 15) is 13.2 Å². The summed E-state index contributed by atoms with van der Waals surface area (Å²) in [5, 5.41) is 2.79. The lowest BCUT2D eigenvalue weighted by Gasteiger charge is -2.13. The molecule has 31 heavy (non-hydrogen) atoms. The van der Waals surface area contributed by atoms with Crippen molar-refractivity contribution in [2.45, 2.75) is 18.4 Å². The number of methoxy groups -OCH3 is 2. The van der Waals surface area contributed by atoms with E-state index >= 15 is 0 Å². The minimum Gasteiger partial charge on any atom is -0.497 e. The summed E-state index contributed by atoms with van der Waals surface area (Å²) in [6.45, 7) is 2.01. The largest absolute Gasteiger partial charge is 0.497 e. The second kappa shape index (κ2) is 9.53. The Hall–Kier alpha value is -3.52. The highest BCUT2D eigenvalue weighted by Gasteiger charge is 2.17. The van der Waals surface area contributed by atoms with Crippen LogP contribution < -0.4 is 19.5 Å². The molecule has 3 aromatic carbocycles. The predicted molar refractivity (Wildman–Crippen MR) is 119 cm³/mol. The minimum atomic E-state index is -3.85. The number of rotatable bonds is 8. The van der Waals surface area contributed by atoms with E-state index in [2.05, 4.69) is 10.0 Å². The number of amides is 1. The van der Waals surface area contributed by atoms with Gasteiger partial charge in [-0.25, -0.2) is 8.42 Å². The monoisotopic (exact) mass is 440 g/mol. The lowest BCUT2D eigenvalue weighted by Crippen LogP contribution is -2.23. The highest BCUT2D eigenvalue weighted by Crippen LogP contribution is 2.24. The maximum Gasteiger partial charge on any atom is 0.261 e. The van der Waals surface area contributed by atoms with Crippen molar-refractivity contribution in [3.63, 3.8) is 0 Å². The first-order valence-electron chi connectivity index (χ1n) is 9.51. The van der Waals surface area contributed by atoms with E-state index in [4.69, 9.17) is 9.47 Å². The molecule has 0 saturated carbocycles. The number of carbonyl (C=O) groups is 1. The topological polar surface area (TPSA) is 93.7 Å². The zero-order valence-corrected chi connectivity index (χ0v) is 18.3. The normalized spacial score (nSPS) is 10.9. The number of hydrogen-bond acceptors (Lipinski definition) is 5. The molecule has 0 aliphatic rings. The van der Waals surface area contributed by atoms with E-state index in [-0.39, 0.29) is 17.0 Å². The molecule has 0 fully saturated rings. The van der Waals surface area contributed by atoms with Crippen LogP contribution in [-0.2, 0) is 16.6 Å². The summed E-state index contributed by atoms with van der Waals surface area (Å²) in [6, 6.07) is 18.3. The molecule has 2 N–H and O–H groups in total. The van der Waals surface area contributed by atoms with Crippen LogP contribution in [0.15, 0.2) is 71.6 Å². The van der Waals surface area contributed by atoms with E-state index in [0.717, 1.165) is 11.1 Å². The van der Waals surface area contributed by atoms with Crippen LogP contribution in [0, 0.1) is 6.92 Å². The maximum atomic E-state index is 12.8. The van der Waals surface area contributed by atoms with Gasteiger partial charge in [-0.3, -0.25) is 9.52 Å². The molecule has 7 nitrogen and oxygen atoms in total. The second-order valence-corrected chi connectivity index (χ2v) is 8.49. The molecule has 0 aliphatic carbocycles. The van der Waals surface area contributed by atoms with Gasteiger partial charge in [0.15, 0.2) is 0 Å². The van der Waals surface area contributed by atoms with Crippen molar-refractivity contribution in [3.05, 3.63) is 83.4 Å². The van der Waals surface area contributed by atoms with E-state index in [1.54, 1.807) is 50.6 Å². The zero-order valence-electron chi connectivity index (χ0n) is 17.5. The summed E-state index contributed by atoms with van der Waals surface area (Å²) in [4.78, 5) is 12.7. The number of nitrogens with one attached hydrogen (secondary N) is 2. The third kappa shape index (κ3) is 5.35. The minimum absolute atomic E-state index is 0.00219. The first-order valence-corrected chi connectivity index (χ1v) is 11.0. The van der Waals surface area contributed by atoms with E-state index < -0.39 is 15.9 Å². The van der Waals surface area contributed by atoms with E-state index in [1.165, 1.54) is 18.2 Å². The fourth-order valence-electron chi connectivity index (χ4n) is 2.99. The van der Waals surface area contributed by atoms with Gasteiger partial charge in [0.25, 0.3) is 15.9 Å². The van der Waals surface area contributed by atoms with Gasteiger partial charge in [-0.1, -0.05) is 24.3 Å². The van der Waals surface area contributed by atoms with Gasteiger partial charge in [-0.15, -0.1) is 0 Å². The Morgan fingerprint density at radius 3 is 2.42 bits per heavy atom. The summed E-state index contributed by atoms with van der Waals surface area (Å²) < 4.78 is 38.7. The number of sulfonamides is 1. The van der Waals surface area contributed by atoms with Gasteiger partial charge in [0.05, 0.1) is 24.8 Å². The fraction of sp³-hybridized carbons (Fsp3) is 0.174. The Balaban J connectivity index is 1.77. The molecule has 1 amide bonds. The molecule has 0 atom stereocenters. The second-order valence-electron chi connectivity index (χ2n) is 6.81. The van der Waals surface area contributed by atoms with Crippen LogP contribution >= 0.6 is 0 Å². The molecule has 3 aromatic rings. The smallest absolute Gasteiger partial charge is 0.261 e. The average molecular weight is 441 g/mol. The SMILES string of the molecule is COc1ccc(OC)c(CNC(=O)c2cccc(S(=O)(=O)Nc3ccccc3C)c2)c1. The summed E-state index contributed by atoms with van der Waals surface area (Å²) in [7, 11) is -0.744. The van der Waals surface area contributed by atoms with Crippen LogP contribution in [-0.4, -0.2) is 28.5 Å². The van der Waals surface area contributed by atoms with Crippen LogP contribution in [0.3, 0.4) is 0 Å². The Labute approximate surface area is 182 Å². The van der Waals surface area contributed by atoms with Gasteiger partial charge in [0.1, 0.15) is 11.5 Å². The zero-order chi connectivity index (χ0) is 22.4. The Morgan fingerprint density at radius 2 is 1.71 bits per heavy atom. The van der Waals surface area contributed by atoms with Gasteiger partial charge < -0.3 is 14.8 Å². The summed E-state index contributed by atoms with van der Waals surface area (Å²) in [6.07, 6.45) is 0. The predicted octanol–water partition coefficient (Wildman–Crippen LogP) is 3.74. The van der Waals surface area contributed by atoms with Crippen molar-refractivity contribution < 1.29 is 22.7 Å². The average Bonchev–Trinajstić information content (AvgIpc) is 2.78. The number of benzene rings is 3. The van der Waals surface area contributed by atoms with Crippen molar-refractivity contribution in [2.75, 3.05) is 18.9 Å². The molecular weight excluding hydrogens is 416 g/mol. The lowest BCUT2D eigenvalue weighted by atomic mass is 10.1. The third-order valence-electron chi connectivity index (χ3n) is 4.72. The number of para-hydroxylation sites is 1. The maximum absolute atomic E-state index is 12.8. The van der Waals surface area contributed by atoms with Gasteiger partial charge in [0.2, 0.25) is 0 Å². The summed E-state index contributed by atoms with van der Waals surface area (Å²) in [5.41, 5.74) is 2.25. The number of ether oxygens (including phenoxy) is 2.